The van der Waals surface area contributed by atoms with Crippen molar-refractivity contribution in [3.63, 3.8) is 0 Å². The Morgan fingerprint density at radius 1 is 1.65 bits per heavy atom. The van der Waals surface area contributed by atoms with Crippen molar-refractivity contribution < 1.29 is 13.2 Å². The van der Waals surface area contributed by atoms with Gasteiger partial charge in [-0.3, -0.25) is 0 Å². The molecule has 0 radical (unpaired) electrons. The highest BCUT2D eigenvalue weighted by atomic mass is 32.2. The quantitative estimate of drug-likeness (QED) is 0.843. The Morgan fingerprint density at radius 3 is 3.06 bits per heavy atom. The number of aryl methyl sites for hydroxylation is 1. The predicted octanol–water partition coefficient (Wildman–Crippen LogP) is 0.282. The van der Waals surface area contributed by atoms with Crippen LogP contribution in [0.5, 0.6) is 0 Å². The molecule has 1 fully saturated rings. The van der Waals surface area contributed by atoms with E-state index in [1.807, 2.05) is 17.7 Å². The van der Waals surface area contributed by atoms with Crippen molar-refractivity contribution in [3.05, 3.63) is 18.2 Å². The van der Waals surface area contributed by atoms with Crippen LogP contribution in [-0.2, 0) is 21.3 Å². The lowest BCUT2D eigenvalue weighted by atomic mass is 10.1. The third-order valence-corrected chi connectivity index (χ3v) is 3.53. The van der Waals surface area contributed by atoms with E-state index in [2.05, 4.69) is 9.71 Å². The lowest BCUT2D eigenvalue weighted by Gasteiger charge is -2.19. The van der Waals surface area contributed by atoms with Gasteiger partial charge in [-0.2, -0.15) is 0 Å². The first-order chi connectivity index (χ1) is 8.01. The summed E-state index contributed by atoms with van der Waals surface area (Å²) < 4.78 is 32.7. The van der Waals surface area contributed by atoms with Crippen LogP contribution in [0.25, 0.3) is 0 Å². The van der Waals surface area contributed by atoms with Crippen LogP contribution in [0.4, 0.5) is 0 Å². The van der Waals surface area contributed by atoms with E-state index in [0.29, 0.717) is 13.0 Å². The molecular formula is C10H17N3O3S. The van der Waals surface area contributed by atoms with Crippen LogP contribution >= 0.6 is 0 Å². The van der Waals surface area contributed by atoms with E-state index in [1.54, 1.807) is 6.20 Å². The largest absolute Gasteiger partial charge is 0.369 e. The Morgan fingerprint density at radius 2 is 2.41 bits per heavy atom. The number of nitrogens with one attached hydrogen (secondary N) is 1. The number of aromatic nitrogens is 2. The average Bonchev–Trinajstić information content (AvgIpc) is 2.82. The summed E-state index contributed by atoms with van der Waals surface area (Å²) in [6.07, 6.45) is 5.12. The molecule has 0 bridgehead atoms. The van der Waals surface area contributed by atoms with E-state index in [1.165, 1.54) is 0 Å². The summed E-state index contributed by atoms with van der Waals surface area (Å²) in [6.45, 7) is 3.36. The predicted molar refractivity (Wildman–Crippen MR) is 63.0 cm³/mol. The van der Waals surface area contributed by atoms with Gasteiger partial charge in [0.1, 0.15) is 11.9 Å². The molecule has 17 heavy (non-hydrogen) atoms. The van der Waals surface area contributed by atoms with E-state index in [0.717, 1.165) is 18.6 Å². The smallest absolute Gasteiger partial charge is 0.209 e. The number of hydrogen-bond acceptors (Lipinski definition) is 4. The lowest BCUT2D eigenvalue weighted by molar-refractivity contribution is 0.0926. The Balaban J connectivity index is 2.20. The molecule has 2 rings (SSSR count). The summed E-state index contributed by atoms with van der Waals surface area (Å²) in [5, 5.41) is 0. The van der Waals surface area contributed by atoms with Gasteiger partial charge in [0.2, 0.25) is 10.0 Å². The first-order valence-electron chi connectivity index (χ1n) is 5.61. The lowest BCUT2D eigenvalue weighted by Crippen LogP contribution is -2.36. The molecule has 6 nitrogen and oxygen atoms in total. The summed E-state index contributed by atoms with van der Waals surface area (Å²) in [7, 11) is -3.22. The van der Waals surface area contributed by atoms with Gasteiger partial charge in [-0.05, 0) is 13.3 Å². The molecule has 0 spiro atoms. The molecule has 0 aliphatic carbocycles. The molecule has 0 amide bonds. The van der Waals surface area contributed by atoms with Crippen LogP contribution in [-0.4, -0.2) is 36.9 Å². The minimum atomic E-state index is -3.22. The molecule has 2 atom stereocenters. The van der Waals surface area contributed by atoms with E-state index in [9.17, 15) is 8.42 Å². The second-order valence-electron chi connectivity index (χ2n) is 4.15. The van der Waals surface area contributed by atoms with Crippen molar-refractivity contribution in [2.45, 2.75) is 32.0 Å². The number of hydrogen-bond donors (Lipinski definition) is 1. The Bertz CT molecular complexity index is 483. The van der Waals surface area contributed by atoms with Gasteiger partial charge in [-0.15, -0.1) is 0 Å². The second-order valence-corrected chi connectivity index (χ2v) is 5.93. The zero-order chi connectivity index (χ0) is 12.5. The Labute approximate surface area is 101 Å². The third kappa shape index (κ3) is 2.85. The van der Waals surface area contributed by atoms with E-state index in [4.69, 9.17) is 4.74 Å². The Hall–Kier alpha value is -0.920. The topological polar surface area (TPSA) is 73.2 Å². The maximum atomic E-state index is 11.3. The molecule has 1 N–H and O–H groups in total. The zero-order valence-corrected chi connectivity index (χ0v) is 10.8. The molecule has 0 saturated carbocycles. The molecule has 7 heteroatoms. The third-order valence-electron chi connectivity index (χ3n) is 2.80. The summed E-state index contributed by atoms with van der Waals surface area (Å²) in [6, 6.07) is -0.224. The summed E-state index contributed by atoms with van der Waals surface area (Å²) in [5.41, 5.74) is 0. The normalized spacial score (nSPS) is 25.3. The van der Waals surface area contributed by atoms with Gasteiger partial charge < -0.3 is 9.30 Å². The fourth-order valence-corrected chi connectivity index (χ4v) is 2.88. The standard InChI is InChI=1S/C10H17N3O3S/c1-3-13-6-5-11-10(13)9-8(4-7-16-9)12-17(2,14)15/h5-6,8-9,12H,3-4,7H2,1-2H3/t8-,9-/m0/s1. The van der Waals surface area contributed by atoms with Crippen molar-refractivity contribution in [2.75, 3.05) is 12.9 Å². The van der Waals surface area contributed by atoms with Gasteiger partial charge in [0, 0.05) is 25.5 Å². The van der Waals surface area contributed by atoms with Crippen LogP contribution in [0.2, 0.25) is 0 Å². The van der Waals surface area contributed by atoms with Gasteiger partial charge >= 0.3 is 0 Å². The van der Waals surface area contributed by atoms with Gasteiger partial charge in [0.05, 0.1) is 12.3 Å². The van der Waals surface area contributed by atoms with Crippen LogP contribution in [0.3, 0.4) is 0 Å². The highest BCUT2D eigenvalue weighted by molar-refractivity contribution is 7.88. The molecular weight excluding hydrogens is 242 g/mol. The first-order valence-corrected chi connectivity index (χ1v) is 7.50. The fraction of sp³-hybridized carbons (Fsp3) is 0.700. The van der Waals surface area contributed by atoms with Gasteiger partial charge in [0.25, 0.3) is 0 Å². The number of sulfonamides is 1. The molecule has 2 heterocycles. The molecule has 0 aromatic carbocycles. The highest BCUT2D eigenvalue weighted by Crippen LogP contribution is 2.28. The van der Waals surface area contributed by atoms with Crippen molar-refractivity contribution in [1.29, 1.82) is 0 Å². The van der Waals surface area contributed by atoms with Gasteiger partial charge in [0.15, 0.2) is 0 Å². The number of imidazole rings is 1. The van der Waals surface area contributed by atoms with E-state index in [-0.39, 0.29) is 12.1 Å². The zero-order valence-electron chi connectivity index (χ0n) is 9.96. The molecule has 0 unspecified atom stereocenters. The van der Waals surface area contributed by atoms with Crippen molar-refractivity contribution in [3.8, 4) is 0 Å². The number of rotatable bonds is 4. The number of nitrogens with zero attached hydrogens (tertiary/aromatic N) is 2. The van der Waals surface area contributed by atoms with Crippen LogP contribution in [0.1, 0.15) is 25.3 Å². The maximum Gasteiger partial charge on any atom is 0.209 e. The van der Waals surface area contributed by atoms with Crippen molar-refractivity contribution in [2.24, 2.45) is 0 Å². The first kappa shape index (κ1) is 12.5. The van der Waals surface area contributed by atoms with Crippen LogP contribution < -0.4 is 4.72 Å². The second kappa shape index (κ2) is 4.75. The molecule has 1 aromatic heterocycles. The summed E-state index contributed by atoms with van der Waals surface area (Å²) in [4.78, 5) is 4.25. The van der Waals surface area contributed by atoms with Gasteiger partial charge in [-0.1, -0.05) is 0 Å². The summed E-state index contributed by atoms with van der Waals surface area (Å²) >= 11 is 0. The Kier molecular flexibility index (Phi) is 3.50. The molecule has 1 aliphatic heterocycles. The summed E-state index contributed by atoms with van der Waals surface area (Å²) in [5.74, 6) is 0.783. The molecule has 1 aromatic rings. The van der Waals surface area contributed by atoms with Crippen LogP contribution in [0.15, 0.2) is 12.4 Å². The minimum Gasteiger partial charge on any atom is -0.369 e. The monoisotopic (exact) mass is 259 g/mol. The van der Waals surface area contributed by atoms with Crippen molar-refractivity contribution >= 4 is 10.0 Å². The van der Waals surface area contributed by atoms with Crippen molar-refractivity contribution in [1.82, 2.24) is 14.3 Å². The molecule has 1 aliphatic rings. The van der Waals surface area contributed by atoms with E-state index < -0.39 is 10.0 Å². The van der Waals surface area contributed by atoms with Gasteiger partial charge in [-0.25, -0.2) is 18.1 Å². The average molecular weight is 259 g/mol. The maximum absolute atomic E-state index is 11.3. The molecule has 1 saturated heterocycles. The fourth-order valence-electron chi connectivity index (χ4n) is 2.08. The minimum absolute atomic E-state index is 0.224. The van der Waals surface area contributed by atoms with Crippen LogP contribution in [0, 0.1) is 0 Å². The highest BCUT2D eigenvalue weighted by Gasteiger charge is 2.34. The van der Waals surface area contributed by atoms with E-state index >= 15 is 0 Å². The SMILES string of the molecule is CCn1ccnc1[C@H]1OCC[C@@H]1NS(C)(=O)=O. The molecule has 96 valence electrons. The number of ether oxygens (including phenoxy) is 1.